The van der Waals surface area contributed by atoms with Crippen molar-refractivity contribution in [3.05, 3.63) is 81.5 Å². The maximum Gasteiger partial charge on any atom is 0.166 e. The number of aromatic nitrogens is 3. The summed E-state index contributed by atoms with van der Waals surface area (Å²) in [6.45, 7) is 4.09. The number of thiazole rings is 1. The van der Waals surface area contributed by atoms with Crippen LogP contribution >= 0.6 is 23.6 Å². The molecule has 0 N–H and O–H groups in total. The lowest BCUT2D eigenvalue weighted by molar-refractivity contribution is 0.628. The van der Waals surface area contributed by atoms with Gasteiger partial charge >= 0.3 is 0 Å². The third-order valence-electron chi connectivity index (χ3n) is 4.55. The van der Waals surface area contributed by atoms with Gasteiger partial charge < -0.3 is 0 Å². The minimum absolute atomic E-state index is 0.298. The second kappa shape index (κ2) is 7.13. The number of halogens is 1. The zero-order chi connectivity index (χ0) is 19.0. The average molecular weight is 394 g/mol. The molecule has 0 atom stereocenters. The van der Waals surface area contributed by atoms with Crippen molar-refractivity contribution >= 4 is 23.6 Å². The highest BCUT2D eigenvalue weighted by atomic mass is 32.1. The van der Waals surface area contributed by atoms with Crippen molar-refractivity contribution in [2.24, 2.45) is 0 Å². The van der Waals surface area contributed by atoms with Crippen molar-refractivity contribution in [3.63, 3.8) is 0 Å². The highest BCUT2D eigenvalue weighted by Gasteiger charge is 2.19. The number of aryl methyl sites for hydroxylation is 1. The lowest BCUT2D eigenvalue weighted by Gasteiger charge is -2.18. The van der Waals surface area contributed by atoms with Crippen molar-refractivity contribution in [2.75, 3.05) is 0 Å². The number of hydrogen-bond donors (Lipinski definition) is 0. The summed E-state index contributed by atoms with van der Waals surface area (Å²) >= 11 is 7.22. The first-order valence-corrected chi connectivity index (χ1v) is 9.62. The van der Waals surface area contributed by atoms with E-state index in [1.165, 1.54) is 0 Å². The molecule has 1 aromatic carbocycles. The highest BCUT2D eigenvalue weighted by molar-refractivity contribution is 7.73. The van der Waals surface area contributed by atoms with E-state index in [0.717, 1.165) is 42.5 Å². The molecule has 134 valence electrons. The highest BCUT2D eigenvalue weighted by Crippen LogP contribution is 2.38. The third-order valence-corrected chi connectivity index (χ3v) is 5.94. The average Bonchev–Trinajstić information content (AvgIpc) is 2.94. The number of rotatable bonds is 3. The quantitative estimate of drug-likeness (QED) is 0.391. The zero-order valence-electron chi connectivity index (χ0n) is 14.8. The second-order valence-electron chi connectivity index (χ2n) is 6.17. The molecule has 0 saturated carbocycles. The second-order valence-corrected chi connectivity index (χ2v) is 8.01. The fourth-order valence-corrected chi connectivity index (χ4v) is 4.57. The minimum Gasteiger partial charge on any atom is -0.295 e. The molecule has 6 heteroatoms. The molecular formula is C21H16FN3S2. The molecule has 0 spiro atoms. The standard InChI is InChI=1S/C21H16FN3S2/c1-13-14(2)27-21(26)25(13)20-18(15-3-7-23-8-4-15)11-17(22)12-19(20)16-5-9-24-10-6-16/h3-12H,1-2H3. The van der Waals surface area contributed by atoms with E-state index in [4.69, 9.17) is 12.2 Å². The monoisotopic (exact) mass is 393 g/mol. The van der Waals surface area contributed by atoms with Gasteiger partial charge in [-0.15, -0.1) is 11.3 Å². The van der Waals surface area contributed by atoms with E-state index < -0.39 is 0 Å². The molecular weight excluding hydrogens is 377 g/mol. The summed E-state index contributed by atoms with van der Waals surface area (Å²) in [5.74, 6) is -0.298. The third kappa shape index (κ3) is 3.22. The summed E-state index contributed by atoms with van der Waals surface area (Å²) in [4.78, 5) is 9.32. The predicted octanol–water partition coefficient (Wildman–Crippen LogP) is 6.15. The Morgan fingerprint density at radius 3 is 1.78 bits per heavy atom. The Kier molecular flexibility index (Phi) is 4.68. The molecule has 3 heterocycles. The van der Waals surface area contributed by atoms with Gasteiger partial charge in [0, 0.05) is 46.5 Å². The van der Waals surface area contributed by atoms with E-state index in [2.05, 4.69) is 9.97 Å². The summed E-state index contributed by atoms with van der Waals surface area (Å²) in [6.07, 6.45) is 6.84. The molecule has 4 rings (SSSR count). The van der Waals surface area contributed by atoms with Gasteiger partial charge in [-0.25, -0.2) is 4.39 Å². The van der Waals surface area contributed by atoms with Gasteiger partial charge in [0.1, 0.15) is 5.82 Å². The Morgan fingerprint density at radius 2 is 1.37 bits per heavy atom. The lowest BCUT2D eigenvalue weighted by Crippen LogP contribution is -2.04. The largest absolute Gasteiger partial charge is 0.295 e. The molecule has 3 aromatic heterocycles. The molecule has 0 aliphatic rings. The normalized spacial score (nSPS) is 10.9. The number of hydrogen-bond acceptors (Lipinski definition) is 4. The Labute approximate surface area is 165 Å². The molecule has 27 heavy (non-hydrogen) atoms. The first-order valence-electron chi connectivity index (χ1n) is 8.40. The van der Waals surface area contributed by atoms with Crippen LogP contribution in [0.5, 0.6) is 0 Å². The summed E-state index contributed by atoms with van der Waals surface area (Å²) in [5.41, 5.74) is 5.27. The van der Waals surface area contributed by atoms with Gasteiger partial charge in [0.05, 0.1) is 5.69 Å². The SMILES string of the molecule is Cc1sc(=S)n(-c2c(-c3ccncc3)cc(F)cc2-c2ccncc2)c1C. The van der Waals surface area contributed by atoms with Crippen molar-refractivity contribution in [1.82, 2.24) is 14.5 Å². The van der Waals surface area contributed by atoms with Crippen LogP contribution in [0, 0.1) is 23.6 Å². The van der Waals surface area contributed by atoms with Gasteiger partial charge in [-0.1, -0.05) is 0 Å². The van der Waals surface area contributed by atoms with E-state index in [1.54, 1.807) is 48.3 Å². The molecule has 0 amide bonds. The van der Waals surface area contributed by atoms with Crippen molar-refractivity contribution in [2.45, 2.75) is 13.8 Å². The Balaban J connectivity index is 2.15. The van der Waals surface area contributed by atoms with Crippen molar-refractivity contribution < 1.29 is 4.39 Å². The summed E-state index contributed by atoms with van der Waals surface area (Å²) < 4.78 is 17.4. The molecule has 0 bridgehead atoms. The zero-order valence-corrected chi connectivity index (χ0v) is 16.4. The molecule has 0 radical (unpaired) electrons. The van der Waals surface area contributed by atoms with E-state index in [1.807, 2.05) is 42.7 Å². The number of pyridine rings is 2. The van der Waals surface area contributed by atoms with Crippen LogP contribution in [-0.4, -0.2) is 14.5 Å². The summed E-state index contributed by atoms with van der Waals surface area (Å²) in [7, 11) is 0. The number of nitrogens with zero attached hydrogens (tertiary/aromatic N) is 3. The van der Waals surface area contributed by atoms with Crippen LogP contribution in [0.25, 0.3) is 27.9 Å². The first kappa shape index (κ1) is 17.7. The predicted molar refractivity (Wildman–Crippen MR) is 110 cm³/mol. The maximum atomic E-state index is 14.6. The molecule has 0 unspecified atom stereocenters. The fourth-order valence-electron chi connectivity index (χ4n) is 3.15. The number of benzene rings is 1. The van der Waals surface area contributed by atoms with Gasteiger partial charge in [-0.2, -0.15) is 0 Å². The molecule has 4 aromatic rings. The van der Waals surface area contributed by atoms with E-state index in [9.17, 15) is 4.39 Å². The molecule has 0 saturated heterocycles. The first-order chi connectivity index (χ1) is 13.1. The van der Waals surface area contributed by atoms with Crippen LogP contribution in [0.1, 0.15) is 10.6 Å². The Morgan fingerprint density at radius 1 is 0.889 bits per heavy atom. The maximum absolute atomic E-state index is 14.6. The van der Waals surface area contributed by atoms with Crippen molar-refractivity contribution in [3.8, 4) is 27.9 Å². The molecule has 3 nitrogen and oxygen atoms in total. The van der Waals surface area contributed by atoms with Gasteiger partial charge in [-0.05, 0) is 73.6 Å². The lowest BCUT2D eigenvalue weighted by atomic mass is 9.96. The van der Waals surface area contributed by atoms with E-state index >= 15 is 0 Å². The van der Waals surface area contributed by atoms with Crippen LogP contribution in [0.2, 0.25) is 0 Å². The van der Waals surface area contributed by atoms with Gasteiger partial charge in [0.25, 0.3) is 0 Å². The topological polar surface area (TPSA) is 30.7 Å². The molecule has 0 aliphatic carbocycles. The molecule has 0 aliphatic heterocycles. The van der Waals surface area contributed by atoms with Gasteiger partial charge in [0.15, 0.2) is 3.95 Å². The van der Waals surface area contributed by atoms with Crippen LogP contribution in [-0.2, 0) is 0 Å². The fraction of sp³-hybridized carbons (Fsp3) is 0.0952. The van der Waals surface area contributed by atoms with Crippen LogP contribution < -0.4 is 0 Å². The van der Waals surface area contributed by atoms with E-state index in [-0.39, 0.29) is 5.82 Å². The minimum atomic E-state index is -0.298. The van der Waals surface area contributed by atoms with E-state index in [0.29, 0.717) is 0 Å². The smallest absolute Gasteiger partial charge is 0.166 e. The Bertz CT molecular complexity index is 1100. The summed E-state index contributed by atoms with van der Waals surface area (Å²) in [5, 5.41) is 0. The van der Waals surface area contributed by atoms with Gasteiger partial charge in [-0.3, -0.25) is 14.5 Å². The van der Waals surface area contributed by atoms with Gasteiger partial charge in [0.2, 0.25) is 0 Å². The molecule has 0 fully saturated rings. The Hall–Kier alpha value is -2.70. The van der Waals surface area contributed by atoms with Crippen LogP contribution in [0.4, 0.5) is 4.39 Å². The van der Waals surface area contributed by atoms with Crippen LogP contribution in [0.3, 0.4) is 0 Å². The van der Waals surface area contributed by atoms with Crippen LogP contribution in [0.15, 0.2) is 61.2 Å². The van der Waals surface area contributed by atoms with Crippen molar-refractivity contribution in [1.29, 1.82) is 0 Å². The summed E-state index contributed by atoms with van der Waals surface area (Å²) in [6, 6.07) is 10.6.